The van der Waals surface area contributed by atoms with E-state index in [4.69, 9.17) is 4.74 Å². The number of ether oxygens (including phenoxy) is 1. The summed E-state index contributed by atoms with van der Waals surface area (Å²) < 4.78 is 7.37. The van der Waals surface area contributed by atoms with E-state index in [2.05, 4.69) is 10.4 Å². The first-order valence-electron chi connectivity index (χ1n) is 10.8. The van der Waals surface area contributed by atoms with E-state index in [1.54, 1.807) is 41.3 Å². The van der Waals surface area contributed by atoms with Crippen LogP contribution in [-0.2, 0) is 4.79 Å². The van der Waals surface area contributed by atoms with Crippen molar-refractivity contribution in [2.24, 2.45) is 5.92 Å². The maximum Gasteiger partial charge on any atom is 0.257 e. The van der Waals surface area contributed by atoms with Gasteiger partial charge in [-0.2, -0.15) is 5.10 Å². The van der Waals surface area contributed by atoms with Crippen molar-refractivity contribution < 1.29 is 14.3 Å². The predicted molar refractivity (Wildman–Crippen MR) is 119 cm³/mol. The van der Waals surface area contributed by atoms with Crippen LogP contribution >= 0.6 is 0 Å². The molecule has 3 aromatic rings. The van der Waals surface area contributed by atoms with E-state index in [9.17, 15) is 9.59 Å². The smallest absolute Gasteiger partial charge is 0.257 e. The largest absolute Gasteiger partial charge is 0.483 e. The lowest BCUT2D eigenvalue weighted by atomic mass is 9.89. The highest BCUT2D eigenvalue weighted by atomic mass is 16.5. The van der Waals surface area contributed by atoms with Crippen LogP contribution in [0.2, 0.25) is 0 Å². The van der Waals surface area contributed by atoms with E-state index in [1.165, 1.54) is 32.1 Å². The Morgan fingerprint density at radius 3 is 2.55 bits per heavy atom. The van der Waals surface area contributed by atoms with Gasteiger partial charge in [-0.3, -0.25) is 9.59 Å². The number of hydrogen-bond donors (Lipinski definition) is 1. The number of benzene rings is 2. The molecule has 1 aliphatic rings. The quantitative estimate of drug-likeness (QED) is 0.558. The van der Waals surface area contributed by atoms with Gasteiger partial charge in [-0.1, -0.05) is 49.6 Å². The monoisotopic (exact) mass is 417 g/mol. The van der Waals surface area contributed by atoms with Gasteiger partial charge in [0.1, 0.15) is 5.75 Å². The molecule has 31 heavy (non-hydrogen) atoms. The number of para-hydroxylation sites is 2. The molecule has 1 aromatic heterocycles. The summed E-state index contributed by atoms with van der Waals surface area (Å²) in [6.45, 7) is 0.585. The van der Waals surface area contributed by atoms with Crippen LogP contribution in [0, 0.1) is 5.92 Å². The van der Waals surface area contributed by atoms with E-state index in [0.717, 1.165) is 5.69 Å². The van der Waals surface area contributed by atoms with Crippen molar-refractivity contribution >= 4 is 11.7 Å². The highest BCUT2D eigenvalue weighted by Gasteiger charge is 2.18. The second kappa shape index (κ2) is 10.1. The number of carbonyl (C=O) groups excluding carboxylic acids is 2. The third-order valence-corrected chi connectivity index (χ3v) is 5.67. The molecule has 6 heteroatoms. The molecule has 1 saturated carbocycles. The molecule has 4 rings (SSSR count). The fourth-order valence-corrected chi connectivity index (χ4v) is 3.94. The summed E-state index contributed by atoms with van der Waals surface area (Å²) in [6, 6.07) is 16.6. The predicted octanol–water partition coefficient (Wildman–Crippen LogP) is 4.18. The van der Waals surface area contributed by atoms with E-state index >= 15 is 0 Å². The van der Waals surface area contributed by atoms with Crippen molar-refractivity contribution in [3.05, 3.63) is 78.1 Å². The highest BCUT2D eigenvalue weighted by Crippen LogP contribution is 2.23. The molecule has 1 fully saturated rings. The third-order valence-electron chi connectivity index (χ3n) is 5.67. The second-order valence-corrected chi connectivity index (χ2v) is 7.93. The minimum atomic E-state index is -0.194. The third kappa shape index (κ3) is 5.40. The van der Waals surface area contributed by atoms with Gasteiger partial charge in [0.05, 0.1) is 23.0 Å². The van der Waals surface area contributed by atoms with Gasteiger partial charge >= 0.3 is 0 Å². The average Bonchev–Trinajstić information content (AvgIpc) is 3.33. The normalized spacial score (nSPS) is 14.2. The van der Waals surface area contributed by atoms with Crippen molar-refractivity contribution in [1.82, 2.24) is 15.1 Å². The topological polar surface area (TPSA) is 73.2 Å². The first-order valence-corrected chi connectivity index (χ1v) is 10.8. The molecule has 0 aliphatic heterocycles. The zero-order chi connectivity index (χ0) is 21.5. The molecule has 1 amide bonds. The number of ketones is 1. The summed E-state index contributed by atoms with van der Waals surface area (Å²) in [5.74, 6) is 0.602. The number of carbonyl (C=O) groups is 2. The molecular weight excluding hydrogens is 390 g/mol. The fourth-order valence-electron chi connectivity index (χ4n) is 3.94. The maximum absolute atomic E-state index is 13.1. The van der Waals surface area contributed by atoms with Gasteiger partial charge < -0.3 is 10.1 Å². The molecule has 1 aliphatic carbocycles. The van der Waals surface area contributed by atoms with Crippen molar-refractivity contribution in [3.63, 3.8) is 0 Å². The highest BCUT2D eigenvalue weighted by molar-refractivity contribution is 6.10. The van der Waals surface area contributed by atoms with Crippen molar-refractivity contribution in [1.29, 1.82) is 0 Å². The Morgan fingerprint density at radius 2 is 1.74 bits per heavy atom. The molecule has 2 aromatic carbocycles. The van der Waals surface area contributed by atoms with Gasteiger partial charge in [0.25, 0.3) is 5.91 Å². The number of nitrogens with zero attached hydrogens (tertiary/aromatic N) is 2. The lowest BCUT2D eigenvalue weighted by molar-refractivity contribution is -0.123. The van der Waals surface area contributed by atoms with Crippen LogP contribution < -0.4 is 10.1 Å². The van der Waals surface area contributed by atoms with Gasteiger partial charge in [-0.25, -0.2) is 4.68 Å². The van der Waals surface area contributed by atoms with Gasteiger partial charge in [0.15, 0.2) is 12.4 Å². The Balaban J connectivity index is 1.38. The van der Waals surface area contributed by atoms with Crippen LogP contribution in [0.15, 0.2) is 67.0 Å². The zero-order valence-electron chi connectivity index (χ0n) is 17.5. The van der Waals surface area contributed by atoms with E-state index in [1.807, 2.05) is 30.3 Å². The SMILES string of the molecule is O=C(COc1ccccc1C(=O)c1cnn(-c2ccccc2)c1)NCC1CCCCC1. The Morgan fingerprint density at radius 1 is 1.00 bits per heavy atom. The molecule has 6 nitrogen and oxygen atoms in total. The molecule has 0 atom stereocenters. The lowest BCUT2D eigenvalue weighted by Crippen LogP contribution is -2.33. The molecule has 0 spiro atoms. The zero-order valence-corrected chi connectivity index (χ0v) is 17.5. The molecule has 160 valence electrons. The van der Waals surface area contributed by atoms with E-state index in [0.29, 0.717) is 29.3 Å². The number of nitrogens with one attached hydrogen (secondary N) is 1. The van der Waals surface area contributed by atoms with Crippen molar-refractivity contribution in [3.8, 4) is 11.4 Å². The van der Waals surface area contributed by atoms with Crippen LogP contribution in [0.4, 0.5) is 0 Å². The molecule has 0 radical (unpaired) electrons. The van der Waals surface area contributed by atoms with Gasteiger partial charge in [-0.15, -0.1) is 0 Å². The molecule has 0 unspecified atom stereocenters. The first-order chi connectivity index (χ1) is 15.2. The number of amides is 1. The van der Waals surface area contributed by atoms with Crippen LogP contribution in [0.5, 0.6) is 5.75 Å². The fraction of sp³-hybridized carbons (Fsp3) is 0.320. The Kier molecular flexibility index (Phi) is 6.77. The molecule has 1 heterocycles. The second-order valence-electron chi connectivity index (χ2n) is 7.93. The summed E-state index contributed by atoms with van der Waals surface area (Å²) in [6.07, 6.45) is 9.38. The lowest BCUT2D eigenvalue weighted by Gasteiger charge is -2.21. The summed E-state index contributed by atoms with van der Waals surface area (Å²) in [7, 11) is 0. The van der Waals surface area contributed by atoms with E-state index in [-0.39, 0.29) is 18.3 Å². The summed E-state index contributed by atoms with van der Waals surface area (Å²) in [4.78, 5) is 25.3. The van der Waals surface area contributed by atoms with Crippen LogP contribution in [0.1, 0.15) is 48.0 Å². The molecule has 1 N–H and O–H groups in total. The van der Waals surface area contributed by atoms with Crippen LogP contribution in [0.25, 0.3) is 5.69 Å². The summed E-state index contributed by atoms with van der Waals surface area (Å²) in [5.41, 5.74) is 1.75. The van der Waals surface area contributed by atoms with E-state index < -0.39 is 0 Å². The number of aromatic nitrogens is 2. The molecular formula is C25H27N3O3. The van der Waals surface area contributed by atoms with Crippen LogP contribution in [-0.4, -0.2) is 34.6 Å². The van der Waals surface area contributed by atoms with Crippen molar-refractivity contribution in [2.75, 3.05) is 13.2 Å². The Hall–Kier alpha value is -3.41. The van der Waals surface area contributed by atoms with Crippen molar-refractivity contribution in [2.45, 2.75) is 32.1 Å². The summed E-state index contributed by atoms with van der Waals surface area (Å²) in [5, 5.41) is 7.26. The Bertz CT molecular complexity index is 1020. The van der Waals surface area contributed by atoms with Gasteiger partial charge in [0.2, 0.25) is 0 Å². The van der Waals surface area contributed by atoms with Gasteiger partial charge in [0, 0.05) is 12.7 Å². The summed E-state index contributed by atoms with van der Waals surface area (Å²) >= 11 is 0. The number of rotatable bonds is 8. The standard InChI is InChI=1S/C25H27N3O3/c29-24(26-15-19-9-3-1-4-10-19)18-31-23-14-8-7-13-22(23)25(30)20-16-27-28(17-20)21-11-5-2-6-12-21/h2,5-8,11-14,16-17,19H,1,3-4,9-10,15,18H2,(H,26,29). The molecule has 0 saturated heterocycles. The van der Waals surface area contributed by atoms with Gasteiger partial charge in [-0.05, 0) is 43.0 Å². The maximum atomic E-state index is 13.1. The Labute approximate surface area is 182 Å². The minimum Gasteiger partial charge on any atom is -0.483 e. The molecule has 0 bridgehead atoms. The van der Waals surface area contributed by atoms with Crippen LogP contribution in [0.3, 0.4) is 0 Å². The minimum absolute atomic E-state index is 0.111. The first kappa shape index (κ1) is 20.8. The average molecular weight is 418 g/mol. The number of hydrogen-bond acceptors (Lipinski definition) is 4.